The van der Waals surface area contributed by atoms with Crippen LogP contribution < -0.4 is 11.2 Å². The summed E-state index contributed by atoms with van der Waals surface area (Å²) >= 11 is 0. The van der Waals surface area contributed by atoms with Gasteiger partial charge in [-0.1, -0.05) is 36.4 Å². The molecule has 4 rings (SSSR count). The predicted octanol–water partition coefficient (Wildman–Crippen LogP) is 1.15. The smallest absolute Gasteiger partial charge is 0.340 e. The van der Waals surface area contributed by atoms with Crippen molar-refractivity contribution in [2.24, 2.45) is 0 Å². The summed E-state index contributed by atoms with van der Waals surface area (Å²) in [6.45, 7) is -0.469. The number of hydrogen-bond acceptors (Lipinski definition) is 7. The highest BCUT2D eigenvalue weighted by molar-refractivity contribution is 5.95. The maximum atomic E-state index is 14.9. The van der Waals surface area contributed by atoms with E-state index in [-0.39, 0.29) is 11.1 Å². The first-order valence-corrected chi connectivity index (χ1v) is 10.0. The van der Waals surface area contributed by atoms with Crippen LogP contribution in [0.15, 0.2) is 82.5 Å². The van der Waals surface area contributed by atoms with E-state index in [0.29, 0.717) is 4.57 Å². The van der Waals surface area contributed by atoms with Crippen LogP contribution in [0.4, 0.5) is 4.39 Å². The minimum atomic E-state index is -2.08. The van der Waals surface area contributed by atoms with E-state index in [9.17, 15) is 28.7 Å². The van der Waals surface area contributed by atoms with Crippen LogP contribution >= 0.6 is 0 Å². The molecule has 0 bridgehead atoms. The lowest BCUT2D eigenvalue weighted by molar-refractivity contribution is -0.0558. The fraction of sp³-hybridized carbons (Fsp3) is 0.217. The number of rotatable bonds is 5. The van der Waals surface area contributed by atoms with Gasteiger partial charge in [-0.3, -0.25) is 14.2 Å². The van der Waals surface area contributed by atoms with Gasteiger partial charge in [-0.2, -0.15) is 4.57 Å². The van der Waals surface area contributed by atoms with Gasteiger partial charge in [0.25, 0.3) is 11.5 Å². The molecule has 33 heavy (non-hydrogen) atoms. The lowest BCUT2D eigenvalue weighted by Gasteiger charge is -2.17. The molecule has 1 aliphatic rings. The average Bonchev–Trinajstić information content (AvgIpc) is 3.12. The van der Waals surface area contributed by atoms with E-state index in [1.165, 1.54) is 24.3 Å². The molecule has 1 aliphatic heterocycles. The number of nitrogens with zero attached hydrogens (tertiary/aromatic N) is 2. The van der Waals surface area contributed by atoms with Gasteiger partial charge < -0.3 is 14.6 Å². The molecule has 2 heterocycles. The van der Waals surface area contributed by atoms with Crippen LogP contribution in [0.3, 0.4) is 0 Å². The molecule has 0 radical (unpaired) electrons. The molecular formula is C23H19FN2O7. The zero-order valence-corrected chi connectivity index (χ0v) is 17.1. The molecule has 0 spiro atoms. The number of carbonyl (C=O) groups excluding carboxylic acids is 2. The summed E-state index contributed by atoms with van der Waals surface area (Å²) in [6.07, 6.45) is -5.71. The molecule has 1 N–H and O–H groups in total. The molecule has 10 heteroatoms. The van der Waals surface area contributed by atoms with Crippen LogP contribution in [0.25, 0.3) is 0 Å². The Hall–Kier alpha value is -3.89. The minimum absolute atomic E-state index is 0.0873. The monoisotopic (exact) mass is 454 g/mol. The van der Waals surface area contributed by atoms with Gasteiger partial charge in [0.05, 0.1) is 5.56 Å². The normalized spacial score (nSPS) is 22.1. The van der Waals surface area contributed by atoms with E-state index < -0.39 is 54.3 Å². The number of ether oxygens (including phenoxy) is 2. The van der Waals surface area contributed by atoms with Crippen LogP contribution in [0.5, 0.6) is 0 Å². The van der Waals surface area contributed by atoms with E-state index in [4.69, 9.17) is 9.47 Å². The van der Waals surface area contributed by atoms with Crippen molar-refractivity contribution in [2.45, 2.75) is 24.6 Å². The molecule has 170 valence electrons. The van der Waals surface area contributed by atoms with Crippen LogP contribution in [0, 0.1) is 0 Å². The lowest BCUT2D eigenvalue weighted by atomic mass is 10.1. The average molecular weight is 454 g/mol. The summed E-state index contributed by atoms with van der Waals surface area (Å²) in [4.78, 5) is 49.9. The molecule has 3 aromatic rings. The fourth-order valence-corrected chi connectivity index (χ4v) is 3.46. The number of aliphatic hydroxyl groups excluding tert-OH is 1. The topological polar surface area (TPSA) is 117 Å². The second-order valence-corrected chi connectivity index (χ2v) is 7.32. The van der Waals surface area contributed by atoms with Crippen molar-refractivity contribution in [3.63, 3.8) is 0 Å². The molecule has 4 atom stereocenters. The summed E-state index contributed by atoms with van der Waals surface area (Å²) in [5.74, 6) is -1.58. The first kappa shape index (κ1) is 22.3. The molecule has 1 saturated heterocycles. The summed E-state index contributed by atoms with van der Waals surface area (Å²) < 4.78 is 26.5. The fourth-order valence-electron chi connectivity index (χ4n) is 3.46. The van der Waals surface area contributed by atoms with Crippen LogP contribution in [-0.2, 0) is 9.47 Å². The lowest BCUT2D eigenvalue weighted by Crippen LogP contribution is -2.45. The second kappa shape index (κ2) is 9.31. The highest BCUT2D eigenvalue weighted by atomic mass is 19.1. The number of hydrogen-bond donors (Lipinski definition) is 1. The van der Waals surface area contributed by atoms with Crippen LogP contribution in [-0.4, -0.2) is 51.1 Å². The van der Waals surface area contributed by atoms with Crippen LogP contribution in [0.2, 0.25) is 0 Å². The van der Waals surface area contributed by atoms with Crippen molar-refractivity contribution in [1.82, 2.24) is 9.13 Å². The largest absolute Gasteiger partial charge is 0.459 e. The van der Waals surface area contributed by atoms with E-state index >= 15 is 0 Å². The molecular weight excluding hydrogens is 435 g/mol. The number of carbonyl (C=O) groups is 2. The number of halogens is 1. The maximum absolute atomic E-state index is 14.9. The number of benzene rings is 2. The highest BCUT2D eigenvalue weighted by Gasteiger charge is 2.46. The Labute approximate surface area is 186 Å². The van der Waals surface area contributed by atoms with E-state index in [0.717, 1.165) is 16.8 Å². The molecule has 0 amide bonds. The first-order chi connectivity index (χ1) is 15.9. The molecule has 0 unspecified atom stereocenters. The SMILES string of the molecule is O=C(OC[C@H]1O[C@@H](n2ccc(=O)n(C(=O)c3ccccc3)c2=O)[C@@H](F)[C@@H]1O)c1ccccc1. The Morgan fingerprint density at radius 3 is 2.21 bits per heavy atom. The zero-order valence-electron chi connectivity index (χ0n) is 17.1. The van der Waals surface area contributed by atoms with Gasteiger partial charge in [0, 0.05) is 17.8 Å². The van der Waals surface area contributed by atoms with Gasteiger partial charge in [0.1, 0.15) is 18.8 Å². The Balaban J connectivity index is 1.56. The number of esters is 1. The molecule has 1 aromatic heterocycles. The van der Waals surface area contributed by atoms with Gasteiger partial charge in [-0.25, -0.2) is 14.0 Å². The Kier molecular flexibility index (Phi) is 6.29. The third-order valence-electron chi connectivity index (χ3n) is 5.19. The van der Waals surface area contributed by atoms with Gasteiger partial charge in [0.15, 0.2) is 12.4 Å². The van der Waals surface area contributed by atoms with Crippen molar-refractivity contribution < 1.29 is 28.6 Å². The third kappa shape index (κ3) is 4.38. The van der Waals surface area contributed by atoms with Crippen LogP contribution in [0.1, 0.15) is 26.9 Å². The second-order valence-electron chi connectivity index (χ2n) is 7.32. The maximum Gasteiger partial charge on any atom is 0.340 e. The predicted molar refractivity (Wildman–Crippen MR) is 113 cm³/mol. The highest BCUT2D eigenvalue weighted by Crippen LogP contribution is 2.31. The standard InChI is InChI=1S/C23H19FN2O7/c24-18-19(28)16(13-32-22(30)15-9-5-2-6-10-15)33-21(18)25-12-11-17(27)26(23(25)31)20(29)14-7-3-1-4-8-14/h1-12,16,18-19,21,28H,13H2/t16-,18+,19-,21-/m1/s1. The molecule has 1 fully saturated rings. The quantitative estimate of drug-likeness (QED) is 0.575. The van der Waals surface area contributed by atoms with Gasteiger partial charge in [-0.05, 0) is 24.3 Å². The van der Waals surface area contributed by atoms with Gasteiger partial charge in [0.2, 0.25) is 0 Å². The minimum Gasteiger partial charge on any atom is -0.459 e. The van der Waals surface area contributed by atoms with Crippen molar-refractivity contribution >= 4 is 11.9 Å². The number of alkyl halides is 1. The summed E-state index contributed by atoms with van der Waals surface area (Å²) in [5, 5.41) is 10.2. The van der Waals surface area contributed by atoms with Crippen molar-refractivity contribution in [3.05, 3.63) is 105 Å². The third-order valence-corrected chi connectivity index (χ3v) is 5.19. The van der Waals surface area contributed by atoms with Crippen molar-refractivity contribution in [3.8, 4) is 0 Å². The van der Waals surface area contributed by atoms with E-state index in [2.05, 4.69) is 0 Å². The number of aromatic nitrogens is 2. The summed E-state index contributed by atoms with van der Waals surface area (Å²) in [6, 6.07) is 16.6. The van der Waals surface area contributed by atoms with Crippen molar-refractivity contribution in [1.29, 1.82) is 0 Å². The number of aliphatic hydroxyl groups is 1. The Bertz CT molecular complexity index is 1270. The molecule has 2 aromatic carbocycles. The first-order valence-electron chi connectivity index (χ1n) is 10.0. The van der Waals surface area contributed by atoms with E-state index in [1.807, 2.05) is 0 Å². The molecule has 0 saturated carbocycles. The molecule has 9 nitrogen and oxygen atoms in total. The summed E-state index contributed by atoms with van der Waals surface area (Å²) in [5.41, 5.74) is -1.67. The summed E-state index contributed by atoms with van der Waals surface area (Å²) in [7, 11) is 0. The van der Waals surface area contributed by atoms with Crippen molar-refractivity contribution in [2.75, 3.05) is 6.61 Å². The molecule has 0 aliphatic carbocycles. The Morgan fingerprint density at radius 1 is 0.970 bits per heavy atom. The van der Waals surface area contributed by atoms with Gasteiger partial charge >= 0.3 is 11.7 Å². The zero-order chi connectivity index (χ0) is 23.5. The van der Waals surface area contributed by atoms with Gasteiger partial charge in [-0.15, -0.1) is 0 Å². The Morgan fingerprint density at radius 2 is 1.58 bits per heavy atom. The van der Waals surface area contributed by atoms with E-state index in [1.54, 1.807) is 36.4 Å².